The lowest BCUT2D eigenvalue weighted by molar-refractivity contribution is -0.122. The highest BCUT2D eigenvalue weighted by Gasteiger charge is 2.18. The van der Waals surface area contributed by atoms with Gasteiger partial charge in [0.2, 0.25) is 0 Å². The molecule has 0 fully saturated rings. The Morgan fingerprint density at radius 1 is 1.14 bits per heavy atom. The van der Waals surface area contributed by atoms with Crippen LogP contribution in [0.1, 0.15) is 24.5 Å². The smallest absolute Gasteiger partial charge is 0.265 e. The molecule has 2 rings (SSSR count). The van der Waals surface area contributed by atoms with Crippen molar-refractivity contribution in [1.29, 1.82) is 0 Å². The van der Waals surface area contributed by atoms with Crippen LogP contribution in [-0.4, -0.2) is 12.0 Å². The second kappa shape index (κ2) is 7.45. The summed E-state index contributed by atoms with van der Waals surface area (Å²) in [5, 5.41) is 2.88. The van der Waals surface area contributed by atoms with Crippen molar-refractivity contribution in [2.45, 2.75) is 33.3 Å². The van der Waals surface area contributed by atoms with Crippen molar-refractivity contribution >= 4 is 27.5 Å². The highest BCUT2D eigenvalue weighted by molar-refractivity contribution is 9.10. The number of ether oxygens (including phenoxy) is 1. The Labute approximate surface area is 139 Å². The fraction of sp³-hybridized carbons (Fsp3) is 0.278. The third-order valence-corrected chi connectivity index (χ3v) is 4.06. The number of nitrogens with one attached hydrogen (secondary N) is 1. The Kier molecular flexibility index (Phi) is 5.61. The van der Waals surface area contributed by atoms with E-state index in [-0.39, 0.29) is 5.91 Å². The van der Waals surface area contributed by atoms with Gasteiger partial charge in [0.15, 0.2) is 6.10 Å². The Bertz CT molecular complexity index is 653. The molecule has 0 aliphatic rings. The van der Waals surface area contributed by atoms with Gasteiger partial charge in [-0.25, -0.2) is 0 Å². The Hall–Kier alpha value is -1.81. The van der Waals surface area contributed by atoms with Crippen LogP contribution in [0.4, 0.5) is 5.69 Å². The van der Waals surface area contributed by atoms with E-state index in [9.17, 15) is 4.79 Å². The fourth-order valence-electron chi connectivity index (χ4n) is 2.03. The molecule has 0 saturated heterocycles. The zero-order chi connectivity index (χ0) is 16.1. The molecule has 0 radical (unpaired) electrons. The van der Waals surface area contributed by atoms with Crippen molar-refractivity contribution in [3.63, 3.8) is 0 Å². The van der Waals surface area contributed by atoms with Crippen LogP contribution in [0.3, 0.4) is 0 Å². The molecule has 0 aliphatic carbocycles. The first-order valence-corrected chi connectivity index (χ1v) is 8.09. The summed E-state index contributed by atoms with van der Waals surface area (Å²) in [6, 6.07) is 13.4. The number of carbonyl (C=O) groups is 1. The van der Waals surface area contributed by atoms with Gasteiger partial charge in [-0.15, -0.1) is 0 Å². The van der Waals surface area contributed by atoms with Gasteiger partial charge in [0.1, 0.15) is 5.75 Å². The van der Waals surface area contributed by atoms with Gasteiger partial charge in [-0.1, -0.05) is 28.9 Å². The predicted molar refractivity (Wildman–Crippen MR) is 93.4 cm³/mol. The first-order chi connectivity index (χ1) is 10.5. The number of halogens is 1. The molecule has 0 unspecified atom stereocenters. The molecule has 3 nitrogen and oxygen atoms in total. The summed E-state index contributed by atoms with van der Waals surface area (Å²) in [7, 11) is 0. The summed E-state index contributed by atoms with van der Waals surface area (Å²) in [5.74, 6) is 0.587. The zero-order valence-corrected chi connectivity index (χ0v) is 14.6. The quantitative estimate of drug-likeness (QED) is 0.825. The molecule has 2 aromatic rings. The number of benzene rings is 2. The van der Waals surface area contributed by atoms with Gasteiger partial charge in [-0.05, 0) is 67.8 Å². The summed E-state index contributed by atoms with van der Waals surface area (Å²) >= 11 is 3.37. The maximum Gasteiger partial charge on any atom is 0.265 e. The van der Waals surface area contributed by atoms with Gasteiger partial charge < -0.3 is 10.1 Å². The lowest BCUT2D eigenvalue weighted by atomic mass is 10.1. The molecule has 0 aromatic heterocycles. The molecule has 22 heavy (non-hydrogen) atoms. The molecule has 116 valence electrons. The van der Waals surface area contributed by atoms with E-state index >= 15 is 0 Å². The maximum absolute atomic E-state index is 12.3. The molecule has 0 aliphatic heterocycles. The Morgan fingerprint density at radius 2 is 1.82 bits per heavy atom. The summed E-state index contributed by atoms with van der Waals surface area (Å²) in [6.07, 6.45) is 0.0979. The van der Waals surface area contributed by atoms with Crippen LogP contribution in [0.15, 0.2) is 46.9 Å². The monoisotopic (exact) mass is 361 g/mol. The van der Waals surface area contributed by atoms with Crippen molar-refractivity contribution in [3.05, 3.63) is 58.1 Å². The number of amides is 1. The summed E-state index contributed by atoms with van der Waals surface area (Å²) < 4.78 is 6.81. The van der Waals surface area contributed by atoms with Gasteiger partial charge in [0.25, 0.3) is 5.91 Å². The van der Waals surface area contributed by atoms with Crippen molar-refractivity contribution in [2.24, 2.45) is 0 Å². The van der Waals surface area contributed by atoms with E-state index < -0.39 is 6.10 Å². The minimum absolute atomic E-state index is 0.136. The largest absolute Gasteiger partial charge is 0.481 e. The maximum atomic E-state index is 12.3. The van der Waals surface area contributed by atoms with Crippen molar-refractivity contribution in [3.8, 4) is 5.75 Å². The molecule has 0 bridgehead atoms. The van der Waals surface area contributed by atoms with Crippen LogP contribution in [-0.2, 0) is 4.79 Å². The van der Waals surface area contributed by atoms with Gasteiger partial charge in [0.05, 0.1) is 0 Å². The highest BCUT2D eigenvalue weighted by Crippen LogP contribution is 2.20. The lowest BCUT2D eigenvalue weighted by Crippen LogP contribution is -2.32. The number of carbonyl (C=O) groups excluding carboxylic acids is 1. The topological polar surface area (TPSA) is 38.3 Å². The highest BCUT2D eigenvalue weighted by atomic mass is 79.9. The van der Waals surface area contributed by atoms with E-state index in [0.29, 0.717) is 6.42 Å². The first-order valence-electron chi connectivity index (χ1n) is 7.30. The average molecular weight is 362 g/mol. The summed E-state index contributed by atoms with van der Waals surface area (Å²) in [6.45, 7) is 6.02. The fourth-order valence-corrected chi connectivity index (χ4v) is 2.29. The van der Waals surface area contributed by atoms with Crippen LogP contribution in [0.5, 0.6) is 5.75 Å². The van der Waals surface area contributed by atoms with Gasteiger partial charge >= 0.3 is 0 Å². The molecule has 2 aromatic carbocycles. The molecular weight excluding hydrogens is 342 g/mol. The standard InChI is InChI=1S/C18H20BrNO2/c1-4-17(22-16-10-5-12(2)13(3)11-16)18(21)20-15-8-6-14(19)7-9-15/h5-11,17H,4H2,1-3H3,(H,20,21)/t17-/m1/s1. The summed E-state index contributed by atoms with van der Waals surface area (Å²) in [4.78, 5) is 12.3. The van der Waals surface area contributed by atoms with Crippen molar-refractivity contribution < 1.29 is 9.53 Å². The molecule has 4 heteroatoms. The number of hydrogen-bond donors (Lipinski definition) is 1. The second-order valence-corrected chi connectivity index (χ2v) is 6.17. The molecule has 0 saturated carbocycles. The van der Waals surface area contributed by atoms with Gasteiger partial charge in [-0.2, -0.15) is 0 Å². The number of aryl methyl sites for hydroxylation is 2. The van der Waals surface area contributed by atoms with Crippen molar-refractivity contribution in [1.82, 2.24) is 0 Å². The Balaban J connectivity index is 2.05. The van der Waals surface area contributed by atoms with Gasteiger partial charge in [0, 0.05) is 10.2 Å². The second-order valence-electron chi connectivity index (χ2n) is 5.26. The normalized spacial score (nSPS) is 11.8. The van der Waals surface area contributed by atoms with E-state index in [4.69, 9.17) is 4.74 Å². The van der Waals surface area contributed by atoms with E-state index in [1.165, 1.54) is 5.56 Å². The minimum Gasteiger partial charge on any atom is -0.481 e. The number of rotatable bonds is 5. The van der Waals surface area contributed by atoms with E-state index in [0.717, 1.165) is 21.5 Å². The molecular formula is C18H20BrNO2. The average Bonchev–Trinajstić information content (AvgIpc) is 2.50. The van der Waals surface area contributed by atoms with Gasteiger partial charge in [-0.3, -0.25) is 4.79 Å². The minimum atomic E-state index is -0.509. The van der Waals surface area contributed by atoms with Crippen LogP contribution in [0.2, 0.25) is 0 Å². The van der Waals surface area contributed by atoms with E-state index in [1.54, 1.807) is 0 Å². The van der Waals surface area contributed by atoms with Crippen LogP contribution in [0, 0.1) is 13.8 Å². The zero-order valence-electron chi connectivity index (χ0n) is 13.0. The third-order valence-electron chi connectivity index (χ3n) is 3.53. The molecule has 1 amide bonds. The van der Waals surface area contributed by atoms with Crippen LogP contribution in [0.25, 0.3) is 0 Å². The summed E-state index contributed by atoms with van der Waals surface area (Å²) in [5.41, 5.74) is 3.12. The SMILES string of the molecule is CC[C@@H](Oc1ccc(C)c(C)c1)C(=O)Nc1ccc(Br)cc1. The van der Waals surface area contributed by atoms with E-state index in [2.05, 4.69) is 28.2 Å². The predicted octanol–water partition coefficient (Wildman–Crippen LogP) is 4.86. The third kappa shape index (κ3) is 4.34. The molecule has 0 spiro atoms. The number of anilines is 1. The Morgan fingerprint density at radius 3 is 2.41 bits per heavy atom. The van der Waals surface area contributed by atoms with Crippen molar-refractivity contribution in [2.75, 3.05) is 5.32 Å². The molecule has 0 heterocycles. The van der Waals surface area contributed by atoms with E-state index in [1.807, 2.05) is 56.3 Å². The van der Waals surface area contributed by atoms with Crippen LogP contribution >= 0.6 is 15.9 Å². The lowest BCUT2D eigenvalue weighted by Gasteiger charge is -2.18. The number of hydrogen-bond acceptors (Lipinski definition) is 2. The molecule has 1 N–H and O–H groups in total. The first kappa shape index (κ1) is 16.6. The molecule has 1 atom stereocenters. The van der Waals surface area contributed by atoms with Crippen LogP contribution < -0.4 is 10.1 Å².